The van der Waals surface area contributed by atoms with Gasteiger partial charge in [-0.1, -0.05) is 42.5 Å². The first-order valence-electron chi connectivity index (χ1n) is 9.72. The van der Waals surface area contributed by atoms with Gasteiger partial charge in [0.1, 0.15) is 12.4 Å². The molecule has 0 unspecified atom stereocenters. The third-order valence-corrected chi connectivity index (χ3v) is 4.96. The van der Waals surface area contributed by atoms with Crippen LogP contribution in [-0.4, -0.2) is 19.0 Å². The summed E-state index contributed by atoms with van der Waals surface area (Å²) in [5.41, 5.74) is 3.63. The summed E-state index contributed by atoms with van der Waals surface area (Å²) in [5.74, 6) is 0.741. The Morgan fingerprint density at radius 2 is 1.54 bits per heavy atom. The monoisotopic (exact) mass is 372 g/mol. The van der Waals surface area contributed by atoms with Crippen molar-refractivity contribution in [3.05, 3.63) is 90.0 Å². The highest BCUT2D eigenvalue weighted by Crippen LogP contribution is 2.29. The zero-order valence-corrected chi connectivity index (χ0v) is 15.8. The lowest BCUT2D eigenvalue weighted by molar-refractivity contribution is 0.102. The van der Waals surface area contributed by atoms with Crippen molar-refractivity contribution >= 4 is 17.3 Å². The highest BCUT2D eigenvalue weighted by Gasteiger charge is 2.17. The van der Waals surface area contributed by atoms with E-state index in [0.717, 1.165) is 35.8 Å². The van der Waals surface area contributed by atoms with Crippen molar-refractivity contribution < 1.29 is 9.53 Å². The fraction of sp³-hybridized carbons (Fsp3) is 0.208. The first kappa shape index (κ1) is 18.1. The molecule has 1 aliphatic heterocycles. The second kappa shape index (κ2) is 8.61. The highest BCUT2D eigenvalue weighted by atomic mass is 16.5. The van der Waals surface area contributed by atoms with Crippen LogP contribution in [0.3, 0.4) is 0 Å². The molecule has 0 radical (unpaired) electrons. The van der Waals surface area contributed by atoms with Gasteiger partial charge < -0.3 is 15.0 Å². The Morgan fingerprint density at radius 3 is 2.29 bits per heavy atom. The summed E-state index contributed by atoms with van der Waals surface area (Å²) in [6, 6.07) is 25.3. The van der Waals surface area contributed by atoms with Crippen LogP contribution in [0, 0.1) is 0 Å². The molecule has 0 aliphatic carbocycles. The van der Waals surface area contributed by atoms with E-state index < -0.39 is 0 Å². The molecule has 0 spiro atoms. The molecule has 3 aromatic rings. The zero-order chi connectivity index (χ0) is 19.2. The smallest absolute Gasteiger partial charge is 0.255 e. The van der Waals surface area contributed by atoms with Crippen molar-refractivity contribution in [1.29, 1.82) is 0 Å². The summed E-state index contributed by atoms with van der Waals surface area (Å²) in [6.07, 6.45) is 2.41. The summed E-state index contributed by atoms with van der Waals surface area (Å²) in [4.78, 5) is 15.0. The molecule has 1 aliphatic rings. The van der Waals surface area contributed by atoms with E-state index in [9.17, 15) is 4.79 Å². The minimum Gasteiger partial charge on any atom is -0.489 e. The molecule has 1 saturated heterocycles. The zero-order valence-electron chi connectivity index (χ0n) is 15.8. The number of benzene rings is 3. The van der Waals surface area contributed by atoms with Crippen LogP contribution in [0.5, 0.6) is 5.75 Å². The Morgan fingerprint density at radius 1 is 0.857 bits per heavy atom. The second-order valence-corrected chi connectivity index (χ2v) is 6.96. The van der Waals surface area contributed by atoms with Gasteiger partial charge in [-0.25, -0.2) is 0 Å². The quantitative estimate of drug-likeness (QED) is 0.653. The average molecular weight is 372 g/mol. The number of para-hydroxylation sites is 3. The van der Waals surface area contributed by atoms with E-state index in [-0.39, 0.29) is 5.91 Å². The summed E-state index contributed by atoms with van der Waals surface area (Å²) < 4.78 is 5.75. The third kappa shape index (κ3) is 4.34. The minimum atomic E-state index is -0.0952. The molecule has 28 heavy (non-hydrogen) atoms. The molecule has 4 heteroatoms. The maximum atomic E-state index is 12.7. The molecule has 142 valence electrons. The van der Waals surface area contributed by atoms with Crippen molar-refractivity contribution in [3.8, 4) is 5.75 Å². The Bertz CT molecular complexity index is 917. The number of carbonyl (C=O) groups is 1. The van der Waals surface area contributed by atoms with E-state index in [0.29, 0.717) is 12.2 Å². The van der Waals surface area contributed by atoms with Crippen LogP contribution in [-0.2, 0) is 6.61 Å². The molecule has 0 atom stereocenters. The molecule has 1 fully saturated rings. The predicted octanol–water partition coefficient (Wildman–Crippen LogP) is 5.12. The molecule has 1 N–H and O–H groups in total. The van der Waals surface area contributed by atoms with Gasteiger partial charge in [-0.2, -0.15) is 0 Å². The fourth-order valence-electron chi connectivity index (χ4n) is 3.44. The van der Waals surface area contributed by atoms with Gasteiger partial charge in [0, 0.05) is 18.7 Å². The summed E-state index contributed by atoms with van der Waals surface area (Å²) in [7, 11) is 0. The van der Waals surface area contributed by atoms with Crippen LogP contribution in [0.4, 0.5) is 11.4 Å². The average Bonchev–Trinajstić information content (AvgIpc) is 3.28. The number of nitrogens with zero attached hydrogens (tertiary/aromatic N) is 1. The number of amides is 1. The fourth-order valence-corrected chi connectivity index (χ4v) is 3.44. The first-order chi connectivity index (χ1) is 13.8. The van der Waals surface area contributed by atoms with Crippen LogP contribution in [0.25, 0.3) is 0 Å². The van der Waals surface area contributed by atoms with Crippen molar-refractivity contribution in [2.24, 2.45) is 0 Å². The molecule has 3 aromatic carbocycles. The number of ether oxygens (including phenoxy) is 1. The summed E-state index contributed by atoms with van der Waals surface area (Å²) in [5, 5.41) is 3.07. The third-order valence-electron chi connectivity index (χ3n) is 4.96. The van der Waals surface area contributed by atoms with E-state index in [1.807, 2.05) is 72.8 Å². The molecule has 0 bridgehead atoms. The van der Waals surface area contributed by atoms with Crippen LogP contribution in [0.15, 0.2) is 78.9 Å². The number of anilines is 2. The van der Waals surface area contributed by atoms with E-state index in [1.165, 1.54) is 12.8 Å². The van der Waals surface area contributed by atoms with Crippen LogP contribution >= 0.6 is 0 Å². The first-order valence-corrected chi connectivity index (χ1v) is 9.72. The predicted molar refractivity (Wildman–Crippen MR) is 113 cm³/mol. The number of hydrogen-bond donors (Lipinski definition) is 1. The topological polar surface area (TPSA) is 41.6 Å². The van der Waals surface area contributed by atoms with E-state index >= 15 is 0 Å². The van der Waals surface area contributed by atoms with E-state index in [1.54, 1.807) is 0 Å². The van der Waals surface area contributed by atoms with Crippen molar-refractivity contribution in [1.82, 2.24) is 0 Å². The number of rotatable bonds is 6. The van der Waals surface area contributed by atoms with E-state index in [2.05, 4.69) is 16.3 Å². The number of hydrogen-bond acceptors (Lipinski definition) is 3. The molecular weight excluding hydrogens is 348 g/mol. The summed E-state index contributed by atoms with van der Waals surface area (Å²) in [6.45, 7) is 2.57. The van der Waals surface area contributed by atoms with Crippen molar-refractivity contribution in [3.63, 3.8) is 0 Å². The van der Waals surface area contributed by atoms with Crippen LogP contribution in [0.1, 0.15) is 28.8 Å². The van der Waals surface area contributed by atoms with Gasteiger partial charge in [0.25, 0.3) is 5.91 Å². The van der Waals surface area contributed by atoms with Gasteiger partial charge >= 0.3 is 0 Å². The van der Waals surface area contributed by atoms with E-state index in [4.69, 9.17) is 4.74 Å². The lowest BCUT2D eigenvalue weighted by Crippen LogP contribution is -2.21. The number of carbonyl (C=O) groups excluding carboxylic acids is 1. The molecular formula is C24H24N2O2. The van der Waals surface area contributed by atoms with Gasteiger partial charge in [0.2, 0.25) is 0 Å². The normalized spacial score (nSPS) is 13.4. The van der Waals surface area contributed by atoms with Crippen molar-refractivity contribution in [2.75, 3.05) is 23.3 Å². The van der Waals surface area contributed by atoms with Gasteiger partial charge in [-0.05, 0) is 54.8 Å². The van der Waals surface area contributed by atoms with Crippen LogP contribution in [0.2, 0.25) is 0 Å². The SMILES string of the molecule is O=C(Nc1ccccc1N1CCCC1)c1ccc(COc2ccccc2)cc1. The van der Waals surface area contributed by atoms with Crippen LogP contribution < -0.4 is 15.0 Å². The summed E-state index contributed by atoms with van der Waals surface area (Å²) >= 11 is 0. The Balaban J connectivity index is 1.40. The maximum Gasteiger partial charge on any atom is 0.255 e. The molecule has 1 heterocycles. The molecule has 0 aromatic heterocycles. The lowest BCUT2D eigenvalue weighted by atomic mass is 10.1. The second-order valence-electron chi connectivity index (χ2n) is 6.96. The lowest BCUT2D eigenvalue weighted by Gasteiger charge is -2.21. The molecule has 4 nitrogen and oxygen atoms in total. The van der Waals surface area contributed by atoms with Gasteiger partial charge in [-0.15, -0.1) is 0 Å². The van der Waals surface area contributed by atoms with Gasteiger partial charge in [-0.3, -0.25) is 4.79 Å². The van der Waals surface area contributed by atoms with Crippen molar-refractivity contribution in [2.45, 2.75) is 19.4 Å². The Labute approximate surface area is 165 Å². The highest BCUT2D eigenvalue weighted by molar-refractivity contribution is 6.06. The molecule has 4 rings (SSSR count). The molecule has 0 saturated carbocycles. The Kier molecular flexibility index (Phi) is 5.57. The standard InChI is InChI=1S/C24H24N2O2/c27-24(25-22-10-4-5-11-23(22)26-16-6-7-17-26)20-14-12-19(13-15-20)18-28-21-8-2-1-3-9-21/h1-5,8-15H,6-7,16-18H2,(H,25,27). The maximum absolute atomic E-state index is 12.7. The van der Waals surface area contributed by atoms with Gasteiger partial charge in [0.15, 0.2) is 0 Å². The number of nitrogens with one attached hydrogen (secondary N) is 1. The molecule has 1 amide bonds. The largest absolute Gasteiger partial charge is 0.489 e. The van der Waals surface area contributed by atoms with Gasteiger partial charge in [0.05, 0.1) is 11.4 Å². The minimum absolute atomic E-state index is 0.0952. The Hall–Kier alpha value is -3.27.